The standard InChI is InChI=1S/C17H26N2O2/c1-2-8-18-15(12-19-9-4-3-5-10-19)14-6-7-16-17(11-14)21-13-20-16/h6-7,11,15,18H,2-5,8-10,12-13H2,1H3. The Kier molecular flexibility index (Phi) is 4.99. The molecule has 21 heavy (non-hydrogen) atoms. The van der Waals surface area contributed by atoms with Crippen LogP contribution in [0.3, 0.4) is 0 Å². The third-order valence-corrected chi connectivity index (χ3v) is 4.33. The molecule has 0 aliphatic carbocycles. The van der Waals surface area contributed by atoms with Gasteiger partial charge in [-0.1, -0.05) is 19.4 Å². The zero-order valence-corrected chi connectivity index (χ0v) is 12.9. The molecule has 1 fully saturated rings. The van der Waals surface area contributed by atoms with E-state index in [1.54, 1.807) is 0 Å². The van der Waals surface area contributed by atoms with Crippen LogP contribution in [0, 0.1) is 0 Å². The van der Waals surface area contributed by atoms with Gasteiger partial charge in [0.05, 0.1) is 0 Å². The number of fused-ring (bicyclic) bond motifs is 1. The molecule has 2 heterocycles. The Morgan fingerprint density at radius 3 is 2.76 bits per heavy atom. The van der Waals surface area contributed by atoms with Gasteiger partial charge >= 0.3 is 0 Å². The molecule has 1 N–H and O–H groups in total. The first-order chi connectivity index (χ1) is 10.4. The minimum atomic E-state index is 0.345. The van der Waals surface area contributed by atoms with Crippen LogP contribution in [0.15, 0.2) is 18.2 Å². The van der Waals surface area contributed by atoms with Gasteiger partial charge in [-0.3, -0.25) is 0 Å². The monoisotopic (exact) mass is 290 g/mol. The maximum atomic E-state index is 5.52. The Hall–Kier alpha value is -1.26. The number of piperidine rings is 1. The summed E-state index contributed by atoms with van der Waals surface area (Å²) in [4.78, 5) is 2.58. The maximum Gasteiger partial charge on any atom is 0.231 e. The number of ether oxygens (including phenoxy) is 2. The molecule has 1 atom stereocenters. The molecular formula is C17H26N2O2. The SMILES string of the molecule is CCCNC(CN1CCCCC1)c1ccc2c(c1)OCO2. The summed E-state index contributed by atoms with van der Waals surface area (Å²) in [6.45, 7) is 7.15. The van der Waals surface area contributed by atoms with Crippen LogP contribution >= 0.6 is 0 Å². The van der Waals surface area contributed by atoms with Crippen molar-refractivity contribution in [2.75, 3.05) is 33.0 Å². The fraction of sp³-hybridized carbons (Fsp3) is 0.647. The van der Waals surface area contributed by atoms with Crippen molar-refractivity contribution >= 4 is 0 Å². The van der Waals surface area contributed by atoms with Crippen molar-refractivity contribution in [1.82, 2.24) is 10.2 Å². The Balaban J connectivity index is 1.71. The Labute approximate surface area is 127 Å². The summed E-state index contributed by atoms with van der Waals surface area (Å²) in [6, 6.07) is 6.72. The number of nitrogens with zero attached hydrogens (tertiary/aromatic N) is 1. The van der Waals surface area contributed by atoms with Crippen LogP contribution in [-0.4, -0.2) is 37.9 Å². The summed E-state index contributed by atoms with van der Waals surface area (Å²) in [5, 5.41) is 3.69. The summed E-state index contributed by atoms with van der Waals surface area (Å²) in [5.41, 5.74) is 1.30. The number of rotatable bonds is 6. The van der Waals surface area contributed by atoms with Crippen LogP contribution in [0.2, 0.25) is 0 Å². The van der Waals surface area contributed by atoms with E-state index in [9.17, 15) is 0 Å². The van der Waals surface area contributed by atoms with E-state index in [1.807, 2.05) is 6.07 Å². The van der Waals surface area contributed by atoms with Crippen molar-refractivity contribution in [1.29, 1.82) is 0 Å². The lowest BCUT2D eigenvalue weighted by Gasteiger charge is -2.31. The fourth-order valence-corrected chi connectivity index (χ4v) is 3.14. The summed E-state index contributed by atoms with van der Waals surface area (Å²) >= 11 is 0. The molecule has 0 saturated carbocycles. The highest BCUT2D eigenvalue weighted by Gasteiger charge is 2.20. The van der Waals surface area contributed by atoms with Crippen LogP contribution in [-0.2, 0) is 0 Å². The number of likely N-dealkylation sites (tertiary alicyclic amines) is 1. The third kappa shape index (κ3) is 3.69. The Morgan fingerprint density at radius 2 is 1.95 bits per heavy atom. The van der Waals surface area contributed by atoms with Gasteiger partial charge in [-0.05, 0) is 56.6 Å². The fourth-order valence-electron chi connectivity index (χ4n) is 3.14. The lowest BCUT2D eigenvalue weighted by molar-refractivity contribution is 0.174. The molecule has 4 heteroatoms. The average Bonchev–Trinajstić information content (AvgIpc) is 3.00. The minimum absolute atomic E-state index is 0.345. The molecule has 4 nitrogen and oxygen atoms in total. The first-order valence-corrected chi connectivity index (χ1v) is 8.22. The second-order valence-corrected chi connectivity index (χ2v) is 5.98. The average molecular weight is 290 g/mol. The second kappa shape index (κ2) is 7.14. The molecule has 0 aromatic heterocycles. The Morgan fingerprint density at radius 1 is 1.14 bits per heavy atom. The first kappa shape index (κ1) is 14.7. The zero-order chi connectivity index (χ0) is 14.5. The van der Waals surface area contributed by atoms with Crippen molar-refractivity contribution < 1.29 is 9.47 Å². The predicted octanol–water partition coefficient (Wildman–Crippen LogP) is 2.94. The molecule has 3 rings (SSSR count). The maximum absolute atomic E-state index is 5.52. The molecule has 116 valence electrons. The molecule has 0 spiro atoms. The molecule has 2 aliphatic rings. The lowest BCUT2D eigenvalue weighted by atomic mass is 10.0. The molecule has 1 unspecified atom stereocenters. The van der Waals surface area contributed by atoms with E-state index in [4.69, 9.17) is 9.47 Å². The molecule has 0 radical (unpaired) electrons. The number of hydrogen-bond acceptors (Lipinski definition) is 4. The second-order valence-electron chi connectivity index (χ2n) is 5.98. The van der Waals surface area contributed by atoms with Gasteiger partial charge in [-0.25, -0.2) is 0 Å². The summed E-state index contributed by atoms with van der Waals surface area (Å²) < 4.78 is 10.9. The molecule has 1 aromatic rings. The van der Waals surface area contributed by atoms with E-state index in [0.717, 1.165) is 31.0 Å². The lowest BCUT2D eigenvalue weighted by Crippen LogP contribution is -2.38. The van der Waals surface area contributed by atoms with Gasteiger partial charge in [-0.15, -0.1) is 0 Å². The minimum Gasteiger partial charge on any atom is -0.454 e. The van der Waals surface area contributed by atoms with Crippen LogP contribution in [0.4, 0.5) is 0 Å². The zero-order valence-electron chi connectivity index (χ0n) is 12.9. The van der Waals surface area contributed by atoms with E-state index in [0.29, 0.717) is 12.8 Å². The molecule has 1 aromatic carbocycles. The van der Waals surface area contributed by atoms with Crippen LogP contribution < -0.4 is 14.8 Å². The number of hydrogen-bond donors (Lipinski definition) is 1. The highest BCUT2D eigenvalue weighted by atomic mass is 16.7. The normalized spacial score (nSPS) is 19.7. The summed E-state index contributed by atoms with van der Waals surface area (Å²) in [6.07, 6.45) is 5.21. The third-order valence-electron chi connectivity index (χ3n) is 4.33. The number of benzene rings is 1. The van der Waals surface area contributed by atoms with Crippen LogP contribution in [0.25, 0.3) is 0 Å². The van der Waals surface area contributed by atoms with Crippen molar-refractivity contribution in [2.45, 2.75) is 38.6 Å². The molecule has 1 saturated heterocycles. The van der Waals surface area contributed by atoms with E-state index < -0.39 is 0 Å². The van der Waals surface area contributed by atoms with Crippen molar-refractivity contribution in [3.63, 3.8) is 0 Å². The van der Waals surface area contributed by atoms with Crippen molar-refractivity contribution in [3.8, 4) is 11.5 Å². The van der Waals surface area contributed by atoms with Gasteiger partial charge in [-0.2, -0.15) is 0 Å². The van der Waals surface area contributed by atoms with Crippen molar-refractivity contribution in [3.05, 3.63) is 23.8 Å². The summed E-state index contributed by atoms with van der Waals surface area (Å²) in [7, 11) is 0. The van der Waals surface area contributed by atoms with Gasteiger partial charge in [0.15, 0.2) is 11.5 Å². The molecule has 2 aliphatic heterocycles. The van der Waals surface area contributed by atoms with Gasteiger partial charge in [0.2, 0.25) is 6.79 Å². The van der Waals surface area contributed by atoms with E-state index in [1.165, 1.54) is 37.9 Å². The summed E-state index contributed by atoms with van der Waals surface area (Å²) in [5.74, 6) is 1.75. The van der Waals surface area contributed by atoms with E-state index in [2.05, 4.69) is 29.3 Å². The van der Waals surface area contributed by atoms with Gasteiger partial charge < -0.3 is 19.7 Å². The van der Waals surface area contributed by atoms with Crippen LogP contribution in [0.1, 0.15) is 44.2 Å². The quantitative estimate of drug-likeness (QED) is 0.873. The largest absolute Gasteiger partial charge is 0.454 e. The smallest absolute Gasteiger partial charge is 0.231 e. The van der Waals surface area contributed by atoms with Gasteiger partial charge in [0.25, 0.3) is 0 Å². The molecular weight excluding hydrogens is 264 g/mol. The van der Waals surface area contributed by atoms with E-state index >= 15 is 0 Å². The molecule has 0 amide bonds. The van der Waals surface area contributed by atoms with Gasteiger partial charge in [0.1, 0.15) is 0 Å². The number of nitrogens with one attached hydrogen (secondary N) is 1. The van der Waals surface area contributed by atoms with Crippen LogP contribution in [0.5, 0.6) is 11.5 Å². The molecule has 0 bridgehead atoms. The highest BCUT2D eigenvalue weighted by Crippen LogP contribution is 2.34. The topological polar surface area (TPSA) is 33.7 Å². The predicted molar refractivity (Wildman–Crippen MR) is 83.9 cm³/mol. The van der Waals surface area contributed by atoms with Gasteiger partial charge in [0, 0.05) is 12.6 Å². The van der Waals surface area contributed by atoms with E-state index in [-0.39, 0.29) is 0 Å². The Bertz CT molecular complexity index is 458. The first-order valence-electron chi connectivity index (χ1n) is 8.22. The highest BCUT2D eigenvalue weighted by molar-refractivity contribution is 5.45. The van der Waals surface area contributed by atoms with Crippen molar-refractivity contribution in [2.24, 2.45) is 0 Å².